The highest BCUT2D eigenvalue weighted by Gasteiger charge is 2.43. The minimum atomic E-state index is -0.484. The lowest BCUT2D eigenvalue weighted by molar-refractivity contribution is -0.384. The summed E-state index contributed by atoms with van der Waals surface area (Å²) >= 11 is 5.10. The predicted octanol–water partition coefficient (Wildman–Crippen LogP) is 3.02. The lowest BCUT2D eigenvalue weighted by Gasteiger charge is -2.11. The molecule has 0 bridgehead atoms. The third kappa shape index (κ3) is 4.34. The lowest BCUT2D eigenvalue weighted by Crippen LogP contribution is -2.44. The van der Waals surface area contributed by atoms with Gasteiger partial charge in [0.1, 0.15) is 0 Å². The van der Waals surface area contributed by atoms with Gasteiger partial charge < -0.3 is 5.32 Å². The van der Waals surface area contributed by atoms with Gasteiger partial charge in [0.05, 0.1) is 4.92 Å². The maximum atomic E-state index is 12.2. The molecule has 0 spiro atoms. The Hall–Kier alpha value is -3.00. The van der Waals surface area contributed by atoms with Crippen LogP contribution in [0.1, 0.15) is 23.5 Å². The van der Waals surface area contributed by atoms with E-state index in [2.05, 4.69) is 28.3 Å². The van der Waals surface area contributed by atoms with E-state index in [9.17, 15) is 14.9 Å². The minimum Gasteiger partial charge on any atom is -0.331 e. The molecule has 7 nitrogen and oxygen atoms in total. The Bertz CT molecular complexity index is 854. The van der Waals surface area contributed by atoms with Crippen LogP contribution in [0.4, 0.5) is 11.4 Å². The maximum Gasteiger partial charge on any atom is 0.271 e. The molecular weight excluding hydrogens is 352 g/mol. The van der Waals surface area contributed by atoms with Crippen LogP contribution in [-0.4, -0.2) is 15.9 Å². The van der Waals surface area contributed by atoms with Gasteiger partial charge in [-0.25, -0.2) is 0 Å². The Morgan fingerprint density at radius 2 is 1.92 bits per heavy atom. The van der Waals surface area contributed by atoms with Crippen molar-refractivity contribution in [1.82, 2.24) is 10.9 Å². The van der Waals surface area contributed by atoms with Crippen LogP contribution in [0.2, 0.25) is 0 Å². The molecular formula is C18H18N4O3S. The summed E-state index contributed by atoms with van der Waals surface area (Å²) in [5.74, 6) is 0.0280. The summed E-state index contributed by atoms with van der Waals surface area (Å²) in [6.07, 6.45) is 0.807. The lowest BCUT2D eigenvalue weighted by atomic mass is 10.1. The molecule has 0 unspecified atom stereocenters. The van der Waals surface area contributed by atoms with Crippen LogP contribution in [0.5, 0.6) is 0 Å². The number of non-ortho nitro benzene ring substituents is 1. The summed E-state index contributed by atoms with van der Waals surface area (Å²) in [7, 11) is 0. The van der Waals surface area contributed by atoms with Crippen molar-refractivity contribution in [1.29, 1.82) is 0 Å². The summed E-state index contributed by atoms with van der Waals surface area (Å²) in [5, 5.41) is 13.7. The van der Waals surface area contributed by atoms with Gasteiger partial charge in [-0.15, -0.1) is 0 Å². The second kappa shape index (κ2) is 7.49. The highest BCUT2D eigenvalue weighted by atomic mass is 32.1. The van der Waals surface area contributed by atoms with Gasteiger partial charge in [0.2, 0.25) is 5.91 Å². The molecule has 0 aliphatic heterocycles. The summed E-state index contributed by atoms with van der Waals surface area (Å²) in [4.78, 5) is 22.5. The van der Waals surface area contributed by atoms with Crippen molar-refractivity contribution in [3.8, 4) is 0 Å². The molecule has 0 radical (unpaired) electrons. The zero-order valence-corrected chi connectivity index (χ0v) is 14.9. The molecule has 1 fully saturated rings. The molecule has 0 saturated heterocycles. The number of amides is 1. The zero-order valence-electron chi connectivity index (χ0n) is 14.1. The van der Waals surface area contributed by atoms with Crippen LogP contribution < -0.4 is 16.2 Å². The van der Waals surface area contributed by atoms with Crippen molar-refractivity contribution in [2.75, 3.05) is 5.32 Å². The number of nitro groups is 1. The summed E-state index contributed by atoms with van der Waals surface area (Å²) in [6.45, 7) is 2.03. The van der Waals surface area contributed by atoms with Crippen molar-refractivity contribution in [3.63, 3.8) is 0 Å². The number of nitrogens with one attached hydrogen (secondary N) is 3. The van der Waals surface area contributed by atoms with E-state index in [1.54, 1.807) is 12.1 Å². The van der Waals surface area contributed by atoms with Crippen molar-refractivity contribution >= 4 is 34.6 Å². The Labute approximate surface area is 155 Å². The van der Waals surface area contributed by atoms with Crippen molar-refractivity contribution < 1.29 is 9.72 Å². The fourth-order valence-electron chi connectivity index (χ4n) is 2.74. The average Bonchev–Trinajstić information content (AvgIpc) is 3.41. The molecule has 1 saturated carbocycles. The van der Waals surface area contributed by atoms with Gasteiger partial charge >= 0.3 is 0 Å². The first-order valence-corrected chi connectivity index (χ1v) is 8.53. The first kappa shape index (κ1) is 17.8. The van der Waals surface area contributed by atoms with Crippen LogP contribution >= 0.6 is 12.2 Å². The van der Waals surface area contributed by atoms with E-state index < -0.39 is 4.92 Å². The van der Waals surface area contributed by atoms with E-state index in [0.717, 1.165) is 12.0 Å². The number of rotatable bonds is 4. The monoisotopic (exact) mass is 370 g/mol. The van der Waals surface area contributed by atoms with E-state index in [1.807, 2.05) is 19.1 Å². The summed E-state index contributed by atoms with van der Waals surface area (Å²) in [5.41, 5.74) is 8.00. The van der Waals surface area contributed by atoms with Crippen LogP contribution in [0.3, 0.4) is 0 Å². The molecule has 0 aromatic heterocycles. The third-order valence-electron chi connectivity index (χ3n) is 4.25. The molecule has 2 aromatic carbocycles. The van der Waals surface area contributed by atoms with Gasteiger partial charge in [-0.2, -0.15) is 0 Å². The largest absolute Gasteiger partial charge is 0.331 e. The van der Waals surface area contributed by atoms with Crippen LogP contribution in [0.25, 0.3) is 0 Å². The molecule has 3 N–H and O–H groups in total. The van der Waals surface area contributed by atoms with Gasteiger partial charge in [0.15, 0.2) is 5.11 Å². The van der Waals surface area contributed by atoms with Crippen LogP contribution in [-0.2, 0) is 4.79 Å². The molecule has 1 aliphatic rings. The van der Waals surface area contributed by atoms with E-state index in [0.29, 0.717) is 5.69 Å². The van der Waals surface area contributed by atoms with Crippen LogP contribution in [0, 0.1) is 23.0 Å². The topological polar surface area (TPSA) is 96.3 Å². The Kier molecular flexibility index (Phi) is 5.13. The van der Waals surface area contributed by atoms with Gasteiger partial charge in [-0.05, 0) is 43.1 Å². The van der Waals surface area contributed by atoms with Crippen LogP contribution in [0.15, 0.2) is 48.5 Å². The van der Waals surface area contributed by atoms with Gasteiger partial charge in [0.25, 0.3) is 5.69 Å². The SMILES string of the molecule is Cc1ccc([C@@H]2C[C@H]2C(=O)NNC(=S)Nc2cccc([N+](=O)[O-])c2)cc1. The first-order chi connectivity index (χ1) is 12.4. The summed E-state index contributed by atoms with van der Waals surface area (Å²) < 4.78 is 0. The van der Waals surface area contributed by atoms with Crippen molar-refractivity contribution in [2.45, 2.75) is 19.3 Å². The fraction of sp³-hybridized carbons (Fsp3) is 0.222. The Balaban J connectivity index is 1.48. The van der Waals surface area contributed by atoms with Crippen molar-refractivity contribution in [3.05, 3.63) is 69.8 Å². The quantitative estimate of drug-likeness (QED) is 0.435. The standard InChI is InChI=1S/C18H18N4O3S/c1-11-5-7-12(8-6-11)15-10-16(15)17(23)20-21-18(26)19-13-3-2-4-14(9-13)22(24)25/h2-9,15-16H,10H2,1H3,(H,20,23)(H2,19,21,26)/t15-,16+/m0/s1. The second-order valence-electron chi connectivity index (χ2n) is 6.24. The number of benzene rings is 2. The predicted molar refractivity (Wildman–Crippen MR) is 103 cm³/mol. The second-order valence-corrected chi connectivity index (χ2v) is 6.64. The normalized spacial score (nSPS) is 17.9. The Morgan fingerprint density at radius 1 is 1.19 bits per heavy atom. The van der Waals surface area contributed by atoms with E-state index in [4.69, 9.17) is 12.2 Å². The number of carbonyl (C=O) groups is 1. The molecule has 0 heterocycles. The van der Waals surface area contributed by atoms with Gasteiger partial charge in [-0.3, -0.25) is 25.8 Å². The van der Waals surface area contributed by atoms with E-state index >= 15 is 0 Å². The molecule has 26 heavy (non-hydrogen) atoms. The van der Waals surface area contributed by atoms with Crippen molar-refractivity contribution in [2.24, 2.45) is 5.92 Å². The molecule has 8 heteroatoms. The average molecular weight is 370 g/mol. The maximum absolute atomic E-state index is 12.2. The number of aryl methyl sites for hydroxylation is 1. The fourth-order valence-corrected chi connectivity index (χ4v) is 2.91. The summed E-state index contributed by atoms with van der Waals surface area (Å²) in [6, 6.07) is 14.1. The number of hydrogen-bond acceptors (Lipinski definition) is 4. The molecule has 1 amide bonds. The minimum absolute atomic E-state index is 0.0410. The number of hydrazine groups is 1. The van der Waals surface area contributed by atoms with E-state index in [-0.39, 0.29) is 28.5 Å². The molecule has 134 valence electrons. The highest BCUT2D eigenvalue weighted by Crippen LogP contribution is 2.47. The number of nitrogens with zero attached hydrogens (tertiary/aromatic N) is 1. The number of carbonyl (C=O) groups excluding carboxylic acids is 1. The molecule has 1 aliphatic carbocycles. The number of hydrogen-bond donors (Lipinski definition) is 3. The van der Waals surface area contributed by atoms with Gasteiger partial charge in [-0.1, -0.05) is 35.9 Å². The molecule has 2 atom stereocenters. The van der Waals surface area contributed by atoms with E-state index in [1.165, 1.54) is 17.7 Å². The first-order valence-electron chi connectivity index (χ1n) is 8.12. The zero-order chi connectivity index (χ0) is 18.7. The number of nitro benzene ring substituents is 1. The third-order valence-corrected chi connectivity index (χ3v) is 4.45. The molecule has 3 rings (SSSR count). The smallest absolute Gasteiger partial charge is 0.271 e. The van der Waals surface area contributed by atoms with Gasteiger partial charge in [0, 0.05) is 23.7 Å². The molecule has 2 aromatic rings. The number of thiocarbonyl (C=S) groups is 1. The highest BCUT2D eigenvalue weighted by molar-refractivity contribution is 7.80. The number of anilines is 1. The Morgan fingerprint density at radius 3 is 2.62 bits per heavy atom.